The van der Waals surface area contributed by atoms with E-state index < -0.39 is 0 Å². The van der Waals surface area contributed by atoms with E-state index >= 15 is 0 Å². The maximum atomic E-state index is 11.9. The summed E-state index contributed by atoms with van der Waals surface area (Å²) in [7, 11) is 1.59. The molecule has 1 heterocycles. The molecule has 0 atom stereocenters. The number of nitrogens with one attached hydrogen (secondary N) is 1. The van der Waals surface area contributed by atoms with Gasteiger partial charge in [-0.05, 0) is 24.3 Å². The van der Waals surface area contributed by atoms with Crippen LogP contribution < -0.4 is 26.5 Å². The second-order valence-corrected chi connectivity index (χ2v) is 4.38. The highest BCUT2D eigenvalue weighted by atomic mass is 79.9. The van der Waals surface area contributed by atoms with E-state index in [1.165, 1.54) is 11.3 Å². The quantitative estimate of drug-likeness (QED) is 0.727. The molecule has 0 saturated carbocycles. The highest BCUT2D eigenvalue weighted by Crippen LogP contribution is 2.12. The van der Waals surface area contributed by atoms with Gasteiger partial charge in [-0.2, -0.15) is 0 Å². The molecule has 0 spiro atoms. The number of thiazole rings is 1. The lowest BCUT2D eigenvalue weighted by Crippen LogP contribution is -3.00. The zero-order chi connectivity index (χ0) is 12.3. The number of Topliss-reactive ketones (excluding diaryl/α,β-unsaturated/α-hetero) is 1. The SMILES string of the molecule is COc1ccc(C(=O)Cn2ccsc2=N)cc1.[Br-]. The lowest BCUT2D eigenvalue weighted by atomic mass is 10.1. The first-order valence-corrected chi connectivity index (χ1v) is 5.94. The highest BCUT2D eigenvalue weighted by molar-refractivity contribution is 7.06. The number of methoxy groups -OCH3 is 1. The third kappa shape index (κ3) is 3.30. The van der Waals surface area contributed by atoms with Gasteiger partial charge in [0.1, 0.15) is 5.75 Å². The summed E-state index contributed by atoms with van der Waals surface area (Å²) in [6.07, 6.45) is 1.74. The van der Waals surface area contributed by atoms with E-state index in [4.69, 9.17) is 10.1 Å². The van der Waals surface area contributed by atoms with Gasteiger partial charge < -0.3 is 26.3 Å². The van der Waals surface area contributed by atoms with Crippen LogP contribution in [0.15, 0.2) is 35.8 Å². The Morgan fingerprint density at radius 2 is 2.06 bits per heavy atom. The molecule has 1 N–H and O–H groups in total. The van der Waals surface area contributed by atoms with E-state index in [2.05, 4.69) is 0 Å². The molecular weight excluding hydrogens is 316 g/mol. The summed E-state index contributed by atoms with van der Waals surface area (Å²) in [6, 6.07) is 6.98. The predicted octanol–water partition coefficient (Wildman–Crippen LogP) is -1.08. The highest BCUT2D eigenvalue weighted by Gasteiger charge is 2.07. The lowest BCUT2D eigenvalue weighted by molar-refractivity contribution is -0.0000120. The third-order valence-corrected chi connectivity index (χ3v) is 3.12. The van der Waals surface area contributed by atoms with Crippen molar-refractivity contribution in [3.8, 4) is 5.75 Å². The average Bonchev–Trinajstić information content (AvgIpc) is 2.75. The maximum absolute atomic E-state index is 11.9. The van der Waals surface area contributed by atoms with Crippen molar-refractivity contribution in [1.29, 1.82) is 5.41 Å². The number of ether oxygens (including phenoxy) is 1. The van der Waals surface area contributed by atoms with Crippen molar-refractivity contribution in [2.75, 3.05) is 7.11 Å². The summed E-state index contributed by atoms with van der Waals surface area (Å²) in [6.45, 7) is 0.203. The van der Waals surface area contributed by atoms with Gasteiger partial charge in [-0.25, -0.2) is 0 Å². The van der Waals surface area contributed by atoms with Gasteiger partial charge in [-0.1, -0.05) is 0 Å². The van der Waals surface area contributed by atoms with Crippen LogP contribution >= 0.6 is 11.3 Å². The molecule has 0 aliphatic heterocycles. The first-order chi connectivity index (χ1) is 8.20. The molecule has 6 heteroatoms. The zero-order valence-electron chi connectivity index (χ0n) is 9.72. The van der Waals surface area contributed by atoms with Crippen LogP contribution in [0.3, 0.4) is 0 Å². The summed E-state index contributed by atoms with van der Waals surface area (Å²) in [5.74, 6) is 0.718. The second kappa shape index (κ2) is 6.51. The van der Waals surface area contributed by atoms with E-state index in [9.17, 15) is 4.79 Å². The van der Waals surface area contributed by atoms with Crippen LogP contribution in [0, 0.1) is 5.41 Å². The van der Waals surface area contributed by atoms with Crippen molar-refractivity contribution < 1.29 is 26.5 Å². The summed E-state index contributed by atoms with van der Waals surface area (Å²) >= 11 is 1.31. The Kier molecular flexibility index (Phi) is 5.30. The molecule has 0 radical (unpaired) electrons. The molecule has 0 amide bonds. The standard InChI is InChI=1S/C12H12N2O2S.BrH/c1-16-10-4-2-9(3-5-10)11(15)8-14-6-7-17-12(14)13;/h2-7,13H,8H2,1H3;1H/p-1. The monoisotopic (exact) mass is 327 g/mol. The Bertz CT molecular complexity index is 574. The van der Waals surface area contributed by atoms with E-state index in [0.29, 0.717) is 10.4 Å². The van der Waals surface area contributed by atoms with Gasteiger partial charge in [0.25, 0.3) is 0 Å². The number of ketones is 1. The van der Waals surface area contributed by atoms with E-state index in [-0.39, 0.29) is 29.3 Å². The number of carbonyl (C=O) groups is 1. The minimum atomic E-state index is -0.00967. The Morgan fingerprint density at radius 3 is 2.56 bits per heavy atom. The molecule has 0 fully saturated rings. The number of benzene rings is 1. The van der Waals surface area contributed by atoms with Crippen LogP contribution in [-0.2, 0) is 6.54 Å². The summed E-state index contributed by atoms with van der Waals surface area (Å²) in [4.78, 5) is 12.3. The number of hydrogen-bond acceptors (Lipinski definition) is 4. The second-order valence-electron chi connectivity index (χ2n) is 3.49. The molecule has 0 bridgehead atoms. The van der Waals surface area contributed by atoms with Gasteiger partial charge in [0.15, 0.2) is 10.6 Å². The van der Waals surface area contributed by atoms with Crippen LogP contribution in [0.1, 0.15) is 10.4 Å². The minimum Gasteiger partial charge on any atom is -1.00 e. The van der Waals surface area contributed by atoms with Crippen LogP contribution in [0.4, 0.5) is 0 Å². The molecule has 96 valence electrons. The first-order valence-electron chi connectivity index (χ1n) is 5.06. The van der Waals surface area contributed by atoms with Crippen molar-refractivity contribution in [3.05, 3.63) is 46.2 Å². The number of hydrogen-bond donors (Lipinski definition) is 1. The van der Waals surface area contributed by atoms with Crippen LogP contribution in [0.5, 0.6) is 5.75 Å². The summed E-state index contributed by atoms with van der Waals surface area (Å²) in [5.41, 5.74) is 0.629. The van der Waals surface area contributed by atoms with Crippen LogP contribution in [0.25, 0.3) is 0 Å². The fourth-order valence-corrected chi connectivity index (χ4v) is 2.05. The zero-order valence-corrected chi connectivity index (χ0v) is 12.1. The number of halogens is 1. The molecule has 18 heavy (non-hydrogen) atoms. The predicted molar refractivity (Wildman–Crippen MR) is 65.5 cm³/mol. The van der Waals surface area contributed by atoms with Gasteiger partial charge in [-0.15, -0.1) is 11.3 Å². The van der Waals surface area contributed by atoms with Crippen molar-refractivity contribution >= 4 is 17.1 Å². The van der Waals surface area contributed by atoms with E-state index in [0.717, 1.165) is 5.75 Å². The van der Waals surface area contributed by atoms with Gasteiger partial charge in [-0.3, -0.25) is 10.2 Å². The largest absolute Gasteiger partial charge is 1.00 e. The molecule has 2 aromatic rings. The first kappa shape index (κ1) is 14.7. The van der Waals surface area contributed by atoms with Crippen LogP contribution in [-0.4, -0.2) is 17.5 Å². The van der Waals surface area contributed by atoms with Crippen LogP contribution in [0.2, 0.25) is 0 Å². The normalized spacial score (nSPS) is 9.61. The van der Waals surface area contributed by atoms with Gasteiger partial charge >= 0.3 is 0 Å². The number of rotatable bonds is 4. The van der Waals surface area contributed by atoms with E-state index in [1.54, 1.807) is 47.5 Å². The number of aromatic nitrogens is 1. The van der Waals surface area contributed by atoms with Gasteiger partial charge in [0, 0.05) is 17.1 Å². The van der Waals surface area contributed by atoms with Crippen molar-refractivity contribution in [2.45, 2.75) is 6.54 Å². The maximum Gasteiger partial charge on any atom is 0.182 e. The molecule has 0 aliphatic rings. The molecular formula is C12H12BrN2O2S-. The Morgan fingerprint density at radius 1 is 1.39 bits per heavy atom. The van der Waals surface area contributed by atoms with Gasteiger partial charge in [0.05, 0.1) is 13.7 Å². The summed E-state index contributed by atoms with van der Waals surface area (Å²) in [5, 5.41) is 9.38. The average molecular weight is 328 g/mol. The van der Waals surface area contributed by atoms with Crippen molar-refractivity contribution in [1.82, 2.24) is 4.57 Å². The fraction of sp³-hybridized carbons (Fsp3) is 0.167. The molecule has 0 unspecified atom stereocenters. The fourth-order valence-electron chi connectivity index (χ4n) is 1.45. The van der Waals surface area contributed by atoms with Crippen molar-refractivity contribution in [3.63, 3.8) is 0 Å². The third-order valence-electron chi connectivity index (χ3n) is 2.41. The Hall–Kier alpha value is -1.40. The molecule has 0 saturated heterocycles. The number of carbonyl (C=O) groups excluding carboxylic acids is 1. The van der Waals surface area contributed by atoms with Gasteiger partial charge in [0.2, 0.25) is 0 Å². The Balaban J connectivity index is 0.00000162. The van der Waals surface area contributed by atoms with Crippen molar-refractivity contribution in [2.24, 2.45) is 0 Å². The topological polar surface area (TPSA) is 55.1 Å². The summed E-state index contributed by atoms with van der Waals surface area (Å²) < 4.78 is 6.65. The minimum absolute atomic E-state index is 0. The molecule has 1 aromatic carbocycles. The number of nitrogens with zero attached hydrogens (tertiary/aromatic N) is 1. The molecule has 4 nitrogen and oxygen atoms in total. The Labute approximate surface area is 119 Å². The molecule has 0 aliphatic carbocycles. The molecule has 2 rings (SSSR count). The lowest BCUT2D eigenvalue weighted by Gasteiger charge is -2.03. The van der Waals surface area contributed by atoms with E-state index in [1.807, 2.05) is 0 Å². The molecule has 1 aromatic heterocycles. The smallest absolute Gasteiger partial charge is 0.182 e.